The van der Waals surface area contributed by atoms with Crippen LogP contribution in [0.3, 0.4) is 0 Å². The van der Waals surface area contributed by atoms with E-state index in [-0.39, 0.29) is 6.61 Å². The largest absolute Gasteiger partial charge is 0.494 e. The predicted octanol–water partition coefficient (Wildman–Crippen LogP) is 7.10. The van der Waals surface area contributed by atoms with E-state index in [0.717, 1.165) is 41.3 Å². The number of fused-ring (bicyclic) bond motifs is 7. The van der Waals surface area contributed by atoms with Crippen molar-refractivity contribution in [2.45, 2.75) is 103 Å². The van der Waals surface area contributed by atoms with Crippen LogP contribution in [0.2, 0.25) is 0 Å². The lowest BCUT2D eigenvalue weighted by atomic mass is 9.44. The smallest absolute Gasteiger partial charge is 0.106 e. The van der Waals surface area contributed by atoms with E-state index in [9.17, 15) is 5.11 Å². The van der Waals surface area contributed by atoms with Crippen molar-refractivity contribution in [1.29, 1.82) is 0 Å². The number of hydrogen-bond donors (Lipinski definition) is 1. The Morgan fingerprint density at radius 3 is 2.60 bits per heavy atom. The molecule has 2 nitrogen and oxygen atoms in total. The number of halogens is 1. The first-order valence-electron chi connectivity index (χ1n) is 12.9. The van der Waals surface area contributed by atoms with Crippen LogP contribution in [0, 0.1) is 46.3 Å². The lowest BCUT2D eigenvalue weighted by Crippen LogP contribution is -2.53. The van der Waals surface area contributed by atoms with Gasteiger partial charge < -0.3 is 9.84 Å². The Kier molecular flexibility index (Phi) is 5.66. The Bertz CT molecular complexity index is 703. The molecule has 4 aliphatic carbocycles. The summed E-state index contributed by atoms with van der Waals surface area (Å²) in [4.78, 5) is 0.764. The molecule has 5 rings (SSSR count). The van der Waals surface area contributed by atoms with Crippen molar-refractivity contribution in [3.63, 3.8) is 0 Å². The second-order valence-corrected chi connectivity index (χ2v) is 13.7. The number of allylic oxidation sites excluding steroid dienone is 1. The first kappa shape index (κ1) is 21.8. The minimum absolute atomic E-state index is 0.289. The van der Waals surface area contributed by atoms with E-state index in [1.807, 2.05) is 0 Å². The first-order valence-corrected chi connectivity index (χ1v) is 13.8. The molecule has 30 heavy (non-hydrogen) atoms. The molecule has 0 amide bonds. The van der Waals surface area contributed by atoms with Crippen molar-refractivity contribution in [3.05, 3.63) is 11.3 Å². The van der Waals surface area contributed by atoms with Crippen LogP contribution in [0.4, 0.5) is 0 Å². The molecular formula is C27H43BrO2. The molecule has 170 valence electrons. The molecule has 0 bridgehead atoms. The van der Waals surface area contributed by atoms with E-state index in [0.29, 0.717) is 28.8 Å². The number of hydrogen-bond acceptors (Lipinski definition) is 2. The molecular weight excluding hydrogens is 436 g/mol. The summed E-state index contributed by atoms with van der Waals surface area (Å²) in [6.07, 6.45) is 13.8. The molecule has 0 aromatic rings. The van der Waals surface area contributed by atoms with Crippen molar-refractivity contribution in [2.75, 3.05) is 6.61 Å². The quantitative estimate of drug-likeness (QED) is 0.436. The monoisotopic (exact) mass is 478 g/mol. The summed E-state index contributed by atoms with van der Waals surface area (Å²) in [6.45, 7) is 10.1. The molecule has 0 saturated heterocycles. The first-order chi connectivity index (χ1) is 14.3. The summed E-state index contributed by atoms with van der Waals surface area (Å²) in [5.74, 6) is 5.97. The van der Waals surface area contributed by atoms with Gasteiger partial charge in [-0.2, -0.15) is 0 Å². The number of aliphatic hydroxyl groups is 1. The minimum Gasteiger partial charge on any atom is -0.494 e. The minimum atomic E-state index is 0.289. The fourth-order valence-corrected chi connectivity index (χ4v) is 9.94. The summed E-state index contributed by atoms with van der Waals surface area (Å²) in [5.41, 5.74) is 2.59. The predicted molar refractivity (Wildman–Crippen MR) is 126 cm³/mol. The van der Waals surface area contributed by atoms with E-state index in [4.69, 9.17) is 4.74 Å². The third-order valence-electron chi connectivity index (χ3n) is 11.0. The van der Waals surface area contributed by atoms with Crippen LogP contribution in [0.5, 0.6) is 0 Å². The van der Waals surface area contributed by atoms with E-state index in [2.05, 4.69) is 43.6 Å². The molecule has 4 fully saturated rings. The van der Waals surface area contributed by atoms with Crippen LogP contribution < -0.4 is 0 Å². The topological polar surface area (TPSA) is 29.5 Å². The molecule has 0 aromatic heterocycles. The Morgan fingerprint density at radius 2 is 1.83 bits per heavy atom. The highest BCUT2D eigenvalue weighted by Gasteiger charge is 2.64. The molecule has 5 aliphatic rings. The molecule has 3 heteroatoms. The molecule has 4 saturated carbocycles. The van der Waals surface area contributed by atoms with E-state index >= 15 is 0 Å². The van der Waals surface area contributed by atoms with Crippen molar-refractivity contribution >= 4 is 15.9 Å². The maximum Gasteiger partial charge on any atom is 0.106 e. The van der Waals surface area contributed by atoms with E-state index < -0.39 is 0 Å². The molecule has 10 atom stereocenters. The van der Waals surface area contributed by atoms with Gasteiger partial charge in [-0.3, -0.25) is 0 Å². The Morgan fingerprint density at radius 1 is 1.07 bits per heavy atom. The van der Waals surface area contributed by atoms with Crippen molar-refractivity contribution in [1.82, 2.24) is 0 Å². The van der Waals surface area contributed by atoms with Crippen molar-refractivity contribution < 1.29 is 9.84 Å². The van der Waals surface area contributed by atoms with Gasteiger partial charge in [-0.25, -0.2) is 0 Å². The molecule has 1 heterocycles. The third-order valence-corrected chi connectivity index (χ3v) is 11.8. The summed E-state index contributed by atoms with van der Waals surface area (Å²) in [6, 6.07) is 0. The van der Waals surface area contributed by atoms with Crippen LogP contribution >= 0.6 is 15.9 Å². The van der Waals surface area contributed by atoms with Gasteiger partial charge in [-0.05, 0) is 111 Å². The lowest BCUT2D eigenvalue weighted by molar-refractivity contribution is -0.107. The third kappa shape index (κ3) is 3.18. The zero-order valence-electron chi connectivity index (χ0n) is 19.6. The summed E-state index contributed by atoms with van der Waals surface area (Å²) < 4.78 is 6.67. The average molecular weight is 480 g/mol. The van der Waals surface area contributed by atoms with E-state index in [1.54, 1.807) is 5.57 Å². The summed E-state index contributed by atoms with van der Waals surface area (Å²) in [7, 11) is 0. The van der Waals surface area contributed by atoms with Gasteiger partial charge in [0.1, 0.15) is 6.10 Å². The van der Waals surface area contributed by atoms with Crippen LogP contribution in [0.25, 0.3) is 0 Å². The molecule has 1 aliphatic heterocycles. The van der Waals surface area contributed by atoms with Gasteiger partial charge in [0.25, 0.3) is 0 Å². The highest BCUT2D eigenvalue weighted by molar-refractivity contribution is 9.09. The number of ether oxygens (including phenoxy) is 1. The standard InChI is InChI=1S/C27H43BrO2/c1-16(15-29)5-8-23-17(2)25-24(30-23)14-22-20-7-6-18-13-19(28)9-11-26(18,3)21(20)10-12-27(22,25)4/h16,18-22,24-25,29H,5-15H2,1-4H3. The maximum atomic E-state index is 9.40. The Labute approximate surface area is 192 Å². The average Bonchev–Trinajstić information content (AvgIpc) is 3.20. The molecule has 1 N–H and O–H groups in total. The number of alkyl halides is 1. The zero-order valence-corrected chi connectivity index (χ0v) is 21.2. The van der Waals surface area contributed by atoms with Gasteiger partial charge >= 0.3 is 0 Å². The molecule has 0 spiro atoms. The highest BCUT2D eigenvalue weighted by atomic mass is 79.9. The molecule has 0 radical (unpaired) electrons. The summed E-state index contributed by atoms with van der Waals surface area (Å²) in [5, 5.41) is 9.40. The molecule has 10 unspecified atom stereocenters. The van der Waals surface area contributed by atoms with Gasteiger partial charge in [0.15, 0.2) is 0 Å². The normalized spacial score (nSPS) is 50.9. The van der Waals surface area contributed by atoms with Gasteiger partial charge in [0.05, 0.1) is 5.76 Å². The SMILES string of the molecule is CC1=C(CCC(C)CO)OC2CC3C4CCC5CC(Br)CCC5(C)C4CCC3(C)C12. The zero-order chi connectivity index (χ0) is 21.3. The maximum absolute atomic E-state index is 9.40. The van der Waals surface area contributed by atoms with E-state index in [1.165, 1.54) is 57.1 Å². The Hall–Kier alpha value is -0.0200. The van der Waals surface area contributed by atoms with Gasteiger partial charge in [0.2, 0.25) is 0 Å². The van der Waals surface area contributed by atoms with Gasteiger partial charge in [0, 0.05) is 23.8 Å². The van der Waals surface area contributed by atoms with Crippen molar-refractivity contribution in [2.24, 2.45) is 46.3 Å². The summed E-state index contributed by atoms with van der Waals surface area (Å²) >= 11 is 3.95. The van der Waals surface area contributed by atoms with Crippen molar-refractivity contribution in [3.8, 4) is 0 Å². The lowest BCUT2D eigenvalue weighted by Gasteiger charge is -2.61. The number of rotatable bonds is 4. The van der Waals surface area contributed by atoms with Crippen LogP contribution in [-0.2, 0) is 4.74 Å². The highest BCUT2D eigenvalue weighted by Crippen LogP contribution is 2.70. The van der Waals surface area contributed by atoms with Gasteiger partial charge in [-0.15, -0.1) is 0 Å². The second kappa shape index (κ2) is 7.79. The fourth-order valence-electron chi connectivity index (χ4n) is 9.26. The fraction of sp³-hybridized carbons (Fsp3) is 0.926. The van der Waals surface area contributed by atoms with Crippen LogP contribution in [0.15, 0.2) is 11.3 Å². The molecule has 0 aromatic carbocycles. The van der Waals surface area contributed by atoms with Crippen LogP contribution in [-0.4, -0.2) is 22.6 Å². The second-order valence-electron chi connectivity index (χ2n) is 12.4. The van der Waals surface area contributed by atoms with Crippen LogP contribution in [0.1, 0.15) is 91.9 Å². The van der Waals surface area contributed by atoms with Gasteiger partial charge in [-0.1, -0.05) is 36.7 Å². The Balaban J connectivity index is 1.36. The number of aliphatic hydroxyl groups excluding tert-OH is 1.